The Morgan fingerprint density at radius 2 is 2.12 bits per heavy atom. The minimum atomic E-state index is -0.602. The molecule has 0 bridgehead atoms. The molecule has 4 N–H and O–H groups in total. The Balaban J connectivity index is 1.70. The van der Waals surface area contributed by atoms with Gasteiger partial charge < -0.3 is 25.5 Å². The average molecular weight is 346 g/mol. The standard InChI is InChI=1S/C17H26N6O2/c1-4-11(23-8-22-12-15(19)20-7-21-16(12)23)14-13(10-5-9(10)6-18)24-17(2,3)25-14/h7-11,13-14H,4-6,18H2,1-3H3,(H2,19,20,21)/t9-,10?,11-,13?,14?/m1/s1. The Hall–Kier alpha value is -1.77. The largest absolute Gasteiger partial charge is 0.382 e. The van der Waals surface area contributed by atoms with Crippen molar-refractivity contribution < 1.29 is 9.47 Å². The smallest absolute Gasteiger partial charge is 0.165 e. The molecule has 8 nitrogen and oxygen atoms in total. The predicted octanol–water partition coefficient (Wildman–Crippen LogP) is 1.47. The molecular weight excluding hydrogens is 320 g/mol. The van der Waals surface area contributed by atoms with Crippen LogP contribution in [0, 0.1) is 11.8 Å². The summed E-state index contributed by atoms with van der Waals surface area (Å²) < 4.78 is 14.6. The van der Waals surface area contributed by atoms with E-state index in [0.717, 1.165) is 18.5 Å². The number of nitrogens with zero attached hydrogens (tertiary/aromatic N) is 4. The Kier molecular flexibility index (Phi) is 3.93. The van der Waals surface area contributed by atoms with E-state index in [4.69, 9.17) is 20.9 Å². The summed E-state index contributed by atoms with van der Waals surface area (Å²) in [6.45, 7) is 6.78. The average Bonchev–Trinajstić information content (AvgIpc) is 3.13. The summed E-state index contributed by atoms with van der Waals surface area (Å²) in [6, 6.07) is 0.0603. The van der Waals surface area contributed by atoms with E-state index >= 15 is 0 Å². The summed E-state index contributed by atoms with van der Waals surface area (Å²) >= 11 is 0. The van der Waals surface area contributed by atoms with Gasteiger partial charge in [0.15, 0.2) is 17.3 Å². The molecule has 2 aromatic rings. The summed E-state index contributed by atoms with van der Waals surface area (Å²) in [4.78, 5) is 12.8. The maximum Gasteiger partial charge on any atom is 0.165 e. The van der Waals surface area contributed by atoms with Crippen LogP contribution in [0.1, 0.15) is 39.7 Å². The van der Waals surface area contributed by atoms with Crippen molar-refractivity contribution in [3.05, 3.63) is 12.7 Å². The van der Waals surface area contributed by atoms with Gasteiger partial charge in [0.05, 0.1) is 18.5 Å². The third kappa shape index (κ3) is 2.78. The van der Waals surface area contributed by atoms with Crippen LogP contribution in [-0.2, 0) is 9.47 Å². The number of aromatic nitrogens is 4. The van der Waals surface area contributed by atoms with E-state index in [9.17, 15) is 0 Å². The molecule has 0 aromatic carbocycles. The first kappa shape index (κ1) is 16.7. The summed E-state index contributed by atoms with van der Waals surface area (Å²) in [6.07, 6.45) is 5.19. The third-order valence-corrected chi connectivity index (χ3v) is 5.41. The van der Waals surface area contributed by atoms with Gasteiger partial charge in [-0.25, -0.2) is 15.0 Å². The lowest BCUT2D eigenvalue weighted by molar-refractivity contribution is -0.151. The first-order chi connectivity index (χ1) is 11.9. The van der Waals surface area contributed by atoms with Gasteiger partial charge in [0, 0.05) is 0 Å². The lowest BCUT2D eigenvalue weighted by atomic mass is 9.98. The molecule has 25 heavy (non-hydrogen) atoms. The van der Waals surface area contributed by atoms with Crippen LogP contribution in [0.3, 0.4) is 0 Å². The molecule has 0 spiro atoms. The fourth-order valence-electron chi connectivity index (χ4n) is 4.09. The summed E-state index contributed by atoms with van der Waals surface area (Å²) in [5.41, 5.74) is 13.1. The Labute approximate surface area is 146 Å². The molecule has 4 rings (SSSR count). The second kappa shape index (κ2) is 5.89. The number of rotatable bonds is 5. The van der Waals surface area contributed by atoms with Crippen molar-refractivity contribution in [3.8, 4) is 0 Å². The number of imidazole rings is 1. The monoisotopic (exact) mass is 346 g/mol. The number of nitrogen functional groups attached to an aromatic ring is 1. The van der Waals surface area contributed by atoms with E-state index in [0.29, 0.717) is 29.7 Å². The van der Waals surface area contributed by atoms with Gasteiger partial charge in [-0.15, -0.1) is 0 Å². The molecule has 2 aliphatic rings. The predicted molar refractivity (Wildman–Crippen MR) is 93.5 cm³/mol. The van der Waals surface area contributed by atoms with Gasteiger partial charge in [0.2, 0.25) is 0 Å². The Morgan fingerprint density at radius 1 is 1.32 bits per heavy atom. The molecular formula is C17H26N6O2. The van der Waals surface area contributed by atoms with Gasteiger partial charge in [0.1, 0.15) is 17.9 Å². The molecule has 136 valence electrons. The molecule has 1 saturated carbocycles. The summed E-state index contributed by atoms with van der Waals surface area (Å²) in [5.74, 6) is 0.777. The fourth-order valence-corrected chi connectivity index (χ4v) is 4.09. The molecule has 1 aliphatic heterocycles. The lowest BCUT2D eigenvalue weighted by Gasteiger charge is -2.27. The van der Waals surface area contributed by atoms with Crippen LogP contribution in [-0.4, -0.2) is 44.1 Å². The van der Waals surface area contributed by atoms with Crippen LogP contribution < -0.4 is 11.5 Å². The summed E-state index contributed by atoms with van der Waals surface area (Å²) in [7, 11) is 0. The Bertz CT molecular complexity index is 776. The van der Waals surface area contributed by atoms with Gasteiger partial charge in [-0.2, -0.15) is 0 Å². The molecule has 3 heterocycles. The van der Waals surface area contributed by atoms with Gasteiger partial charge in [-0.3, -0.25) is 0 Å². The van der Waals surface area contributed by atoms with Crippen LogP contribution in [0.5, 0.6) is 0 Å². The van der Waals surface area contributed by atoms with E-state index < -0.39 is 5.79 Å². The number of anilines is 1. The van der Waals surface area contributed by atoms with E-state index in [1.807, 2.05) is 13.8 Å². The highest BCUT2D eigenvalue weighted by atomic mass is 16.8. The number of hydrogen-bond acceptors (Lipinski definition) is 7. The number of hydrogen-bond donors (Lipinski definition) is 2. The van der Waals surface area contributed by atoms with E-state index in [1.165, 1.54) is 6.33 Å². The first-order valence-corrected chi connectivity index (χ1v) is 8.94. The minimum Gasteiger partial charge on any atom is -0.382 e. The highest BCUT2D eigenvalue weighted by molar-refractivity contribution is 5.81. The number of nitrogens with two attached hydrogens (primary N) is 2. The zero-order valence-electron chi connectivity index (χ0n) is 14.9. The van der Waals surface area contributed by atoms with Crippen LogP contribution in [0.15, 0.2) is 12.7 Å². The van der Waals surface area contributed by atoms with Gasteiger partial charge in [-0.1, -0.05) is 6.92 Å². The molecule has 1 aliphatic carbocycles. The van der Waals surface area contributed by atoms with Crippen LogP contribution in [0.2, 0.25) is 0 Å². The highest BCUT2D eigenvalue weighted by Crippen LogP contribution is 2.50. The minimum absolute atomic E-state index is 0.0325. The first-order valence-electron chi connectivity index (χ1n) is 8.94. The van der Waals surface area contributed by atoms with Crippen LogP contribution >= 0.6 is 0 Å². The maximum absolute atomic E-state index is 6.33. The van der Waals surface area contributed by atoms with Crippen molar-refractivity contribution in [1.29, 1.82) is 0 Å². The van der Waals surface area contributed by atoms with Crippen molar-refractivity contribution in [2.75, 3.05) is 12.3 Å². The topological polar surface area (TPSA) is 114 Å². The normalized spacial score (nSPS) is 32.2. The molecule has 0 amide bonds. The molecule has 2 aromatic heterocycles. The van der Waals surface area contributed by atoms with Crippen molar-refractivity contribution >= 4 is 17.0 Å². The molecule has 5 atom stereocenters. The second-order valence-corrected chi connectivity index (χ2v) is 7.52. The molecule has 2 fully saturated rings. The third-order valence-electron chi connectivity index (χ3n) is 5.41. The van der Waals surface area contributed by atoms with Crippen molar-refractivity contribution in [1.82, 2.24) is 19.5 Å². The van der Waals surface area contributed by atoms with Crippen LogP contribution in [0.25, 0.3) is 11.2 Å². The molecule has 1 saturated heterocycles. The molecule has 3 unspecified atom stereocenters. The maximum atomic E-state index is 6.33. The SMILES string of the molecule is CC[C@H](C1OC(C)(C)OC1C1C[C@@H]1CN)n1cnc2c(N)ncnc21. The van der Waals surface area contributed by atoms with Crippen molar-refractivity contribution in [2.45, 2.75) is 57.6 Å². The van der Waals surface area contributed by atoms with Crippen molar-refractivity contribution in [3.63, 3.8) is 0 Å². The van der Waals surface area contributed by atoms with E-state index in [1.54, 1.807) is 6.33 Å². The fraction of sp³-hybridized carbons (Fsp3) is 0.706. The van der Waals surface area contributed by atoms with Crippen molar-refractivity contribution in [2.24, 2.45) is 17.6 Å². The van der Waals surface area contributed by atoms with Gasteiger partial charge in [-0.05, 0) is 45.1 Å². The zero-order valence-corrected chi connectivity index (χ0v) is 14.9. The zero-order chi connectivity index (χ0) is 17.8. The van der Waals surface area contributed by atoms with Gasteiger partial charge in [0.25, 0.3) is 0 Å². The van der Waals surface area contributed by atoms with E-state index in [2.05, 4.69) is 26.4 Å². The van der Waals surface area contributed by atoms with Crippen LogP contribution in [0.4, 0.5) is 5.82 Å². The number of fused-ring (bicyclic) bond motifs is 1. The molecule has 0 radical (unpaired) electrons. The second-order valence-electron chi connectivity index (χ2n) is 7.52. The quantitative estimate of drug-likeness (QED) is 0.842. The Morgan fingerprint density at radius 3 is 2.80 bits per heavy atom. The molecule has 8 heteroatoms. The lowest BCUT2D eigenvalue weighted by Crippen LogP contribution is -2.35. The van der Waals surface area contributed by atoms with E-state index in [-0.39, 0.29) is 18.2 Å². The number of ether oxygens (including phenoxy) is 2. The van der Waals surface area contributed by atoms with Gasteiger partial charge >= 0.3 is 0 Å². The highest BCUT2D eigenvalue weighted by Gasteiger charge is 2.55. The summed E-state index contributed by atoms with van der Waals surface area (Å²) in [5, 5.41) is 0.